The van der Waals surface area contributed by atoms with Crippen molar-refractivity contribution in [3.63, 3.8) is 0 Å². The zero-order valence-corrected chi connectivity index (χ0v) is 13.5. The third kappa shape index (κ3) is 6.03. The van der Waals surface area contributed by atoms with E-state index in [1.54, 1.807) is 0 Å². The summed E-state index contributed by atoms with van der Waals surface area (Å²) in [6.07, 6.45) is -0.680. The summed E-state index contributed by atoms with van der Waals surface area (Å²) in [4.78, 5) is 0. The highest BCUT2D eigenvalue weighted by atomic mass is 32.2. The first kappa shape index (κ1) is 17.1. The lowest BCUT2D eigenvalue weighted by molar-refractivity contribution is -0.120. The molecule has 0 aliphatic rings. The van der Waals surface area contributed by atoms with E-state index in [0.29, 0.717) is 13.2 Å². The molecule has 0 bridgehead atoms. The second kappa shape index (κ2) is 7.76. The SMILES string of the molecule is CCOC(CS(=O)(=O)Cc1cc(C)cc(C)c1)OCC. The summed E-state index contributed by atoms with van der Waals surface area (Å²) >= 11 is 0. The summed E-state index contributed by atoms with van der Waals surface area (Å²) in [5, 5.41) is 0. The van der Waals surface area contributed by atoms with Crippen molar-refractivity contribution in [2.75, 3.05) is 19.0 Å². The molecule has 0 aliphatic heterocycles. The Kier molecular flexibility index (Phi) is 6.65. The minimum Gasteiger partial charge on any atom is -0.352 e. The molecular formula is C15H24O4S. The van der Waals surface area contributed by atoms with Gasteiger partial charge in [-0.3, -0.25) is 0 Å². The first-order chi connectivity index (χ1) is 9.36. The van der Waals surface area contributed by atoms with E-state index in [9.17, 15) is 8.42 Å². The molecule has 0 radical (unpaired) electrons. The van der Waals surface area contributed by atoms with Crippen LogP contribution in [0.15, 0.2) is 18.2 Å². The molecule has 1 aromatic carbocycles. The third-order valence-electron chi connectivity index (χ3n) is 2.76. The fraction of sp³-hybridized carbons (Fsp3) is 0.600. The molecule has 0 saturated heterocycles. The van der Waals surface area contributed by atoms with Crippen LogP contribution < -0.4 is 0 Å². The molecule has 5 heteroatoms. The number of ether oxygens (including phenoxy) is 2. The van der Waals surface area contributed by atoms with E-state index in [0.717, 1.165) is 16.7 Å². The standard InChI is InChI=1S/C15H24O4S/c1-5-18-15(19-6-2)11-20(16,17)10-14-8-12(3)7-13(4)9-14/h7-9,15H,5-6,10-11H2,1-4H3. The average molecular weight is 300 g/mol. The molecule has 0 atom stereocenters. The molecule has 0 unspecified atom stereocenters. The van der Waals surface area contributed by atoms with E-state index in [4.69, 9.17) is 9.47 Å². The van der Waals surface area contributed by atoms with E-state index < -0.39 is 16.1 Å². The molecule has 0 saturated carbocycles. The Balaban J connectivity index is 2.77. The van der Waals surface area contributed by atoms with Crippen molar-refractivity contribution in [2.45, 2.75) is 39.7 Å². The molecule has 114 valence electrons. The van der Waals surface area contributed by atoms with Gasteiger partial charge in [-0.2, -0.15) is 0 Å². The first-order valence-corrected chi connectivity index (χ1v) is 8.69. The summed E-state index contributed by atoms with van der Waals surface area (Å²) in [6.45, 7) is 8.44. The van der Waals surface area contributed by atoms with E-state index in [2.05, 4.69) is 0 Å². The van der Waals surface area contributed by atoms with Gasteiger partial charge in [0.05, 0.1) is 5.75 Å². The summed E-state index contributed by atoms with van der Waals surface area (Å²) in [7, 11) is -3.26. The van der Waals surface area contributed by atoms with Crippen LogP contribution in [0.5, 0.6) is 0 Å². The van der Waals surface area contributed by atoms with Gasteiger partial charge in [0.25, 0.3) is 0 Å². The Bertz CT molecular complexity index is 496. The normalized spacial score (nSPS) is 12.1. The molecule has 0 spiro atoms. The summed E-state index contributed by atoms with van der Waals surface area (Å²) in [5.74, 6) is -0.0894. The molecular weight excluding hydrogens is 276 g/mol. The smallest absolute Gasteiger partial charge is 0.171 e. The van der Waals surface area contributed by atoms with Crippen LogP contribution in [0.1, 0.15) is 30.5 Å². The number of hydrogen-bond acceptors (Lipinski definition) is 4. The van der Waals surface area contributed by atoms with Crippen molar-refractivity contribution in [2.24, 2.45) is 0 Å². The van der Waals surface area contributed by atoms with Gasteiger partial charge in [0.2, 0.25) is 0 Å². The molecule has 1 aromatic rings. The van der Waals surface area contributed by atoms with Gasteiger partial charge in [-0.1, -0.05) is 29.3 Å². The average Bonchev–Trinajstić information content (AvgIpc) is 2.26. The lowest BCUT2D eigenvalue weighted by atomic mass is 10.1. The lowest BCUT2D eigenvalue weighted by Crippen LogP contribution is -2.28. The Morgan fingerprint density at radius 3 is 1.95 bits per heavy atom. The molecule has 0 fully saturated rings. The van der Waals surface area contributed by atoms with Crippen molar-refractivity contribution in [3.8, 4) is 0 Å². The van der Waals surface area contributed by atoms with Gasteiger partial charge in [-0.05, 0) is 33.3 Å². The minimum atomic E-state index is -3.26. The maximum absolute atomic E-state index is 12.2. The predicted octanol–water partition coefficient (Wildman–Crippen LogP) is 2.62. The maximum atomic E-state index is 12.2. The largest absolute Gasteiger partial charge is 0.352 e. The molecule has 0 amide bonds. The van der Waals surface area contributed by atoms with Crippen LogP contribution in [-0.4, -0.2) is 33.7 Å². The van der Waals surface area contributed by atoms with Gasteiger partial charge >= 0.3 is 0 Å². The zero-order valence-electron chi connectivity index (χ0n) is 12.7. The Labute approximate surface area is 122 Å². The lowest BCUT2D eigenvalue weighted by Gasteiger charge is -2.17. The van der Waals surface area contributed by atoms with Crippen LogP contribution >= 0.6 is 0 Å². The van der Waals surface area contributed by atoms with Crippen molar-refractivity contribution >= 4 is 9.84 Å². The molecule has 20 heavy (non-hydrogen) atoms. The predicted molar refractivity (Wildman–Crippen MR) is 80.4 cm³/mol. The van der Waals surface area contributed by atoms with Gasteiger partial charge in [-0.25, -0.2) is 8.42 Å². The summed E-state index contributed by atoms with van der Waals surface area (Å²) in [5.41, 5.74) is 2.96. The van der Waals surface area contributed by atoms with Crippen LogP contribution in [0.2, 0.25) is 0 Å². The quantitative estimate of drug-likeness (QED) is 0.693. The Morgan fingerprint density at radius 2 is 1.50 bits per heavy atom. The van der Waals surface area contributed by atoms with Gasteiger partial charge in [0.15, 0.2) is 16.1 Å². The van der Waals surface area contributed by atoms with E-state index in [1.807, 2.05) is 45.9 Å². The van der Waals surface area contributed by atoms with E-state index in [-0.39, 0.29) is 11.5 Å². The van der Waals surface area contributed by atoms with Gasteiger partial charge < -0.3 is 9.47 Å². The van der Waals surface area contributed by atoms with Crippen molar-refractivity contribution in [1.29, 1.82) is 0 Å². The van der Waals surface area contributed by atoms with Gasteiger partial charge in [-0.15, -0.1) is 0 Å². The molecule has 0 heterocycles. The van der Waals surface area contributed by atoms with E-state index in [1.165, 1.54) is 0 Å². The van der Waals surface area contributed by atoms with Crippen molar-refractivity contribution < 1.29 is 17.9 Å². The van der Waals surface area contributed by atoms with Crippen molar-refractivity contribution in [1.82, 2.24) is 0 Å². The molecule has 1 rings (SSSR count). The topological polar surface area (TPSA) is 52.6 Å². The van der Waals surface area contributed by atoms with Crippen LogP contribution in [0.4, 0.5) is 0 Å². The number of rotatable bonds is 8. The van der Waals surface area contributed by atoms with Crippen molar-refractivity contribution in [3.05, 3.63) is 34.9 Å². The number of benzene rings is 1. The Hall–Kier alpha value is -0.910. The zero-order chi connectivity index (χ0) is 15.2. The second-order valence-electron chi connectivity index (χ2n) is 4.89. The number of aryl methyl sites for hydroxylation is 2. The van der Waals surface area contributed by atoms with Gasteiger partial charge in [0.1, 0.15) is 5.75 Å². The maximum Gasteiger partial charge on any atom is 0.171 e. The molecule has 0 aliphatic carbocycles. The van der Waals surface area contributed by atoms with Crippen LogP contribution in [0, 0.1) is 13.8 Å². The Morgan fingerprint density at radius 1 is 1.00 bits per heavy atom. The highest BCUT2D eigenvalue weighted by Crippen LogP contribution is 2.14. The van der Waals surface area contributed by atoms with Gasteiger partial charge in [0, 0.05) is 13.2 Å². The van der Waals surface area contributed by atoms with E-state index >= 15 is 0 Å². The fourth-order valence-corrected chi connectivity index (χ4v) is 3.59. The van der Waals surface area contributed by atoms with Crippen LogP contribution in [0.25, 0.3) is 0 Å². The highest BCUT2D eigenvalue weighted by Gasteiger charge is 2.20. The minimum absolute atomic E-state index is 0.0200. The summed E-state index contributed by atoms with van der Waals surface area (Å²) in [6, 6.07) is 5.83. The fourth-order valence-electron chi connectivity index (χ4n) is 2.19. The molecule has 0 aromatic heterocycles. The second-order valence-corrected chi connectivity index (χ2v) is 7.00. The number of hydrogen-bond donors (Lipinski definition) is 0. The third-order valence-corrected chi connectivity index (χ3v) is 4.32. The molecule has 0 N–H and O–H groups in total. The first-order valence-electron chi connectivity index (χ1n) is 6.87. The molecule has 4 nitrogen and oxygen atoms in total. The number of sulfone groups is 1. The highest BCUT2D eigenvalue weighted by molar-refractivity contribution is 7.90. The van der Waals surface area contributed by atoms with Crippen LogP contribution in [0.3, 0.4) is 0 Å². The monoisotopic (exact) mass is 300 g/mol. The van der Waals surface area contributed by atoms with Crippen LogP contribution in [-0.2, 0) is 25.1 Å². The summed E-state index contributed by atoms with van der Waals surface area (Å²) < 4.78 is 35.0.